The molecule has 0 aromatic carbocycles. The van der Waals surface area contributed by atoms with Gasteiger partial charge in [0.05, 0.1) is 6.54 Å². The molecule has 3 aliphatic rings. The van der Waals surface area contributed by atoms with Gasteiger partial charge in [-0.1, -0.05) is 38.5 Å². The third-order valence-corrected chi connectivity index (χ3v) is 5.91. The van der Waals surface area contributed by atoms with Crippen molar-refractivity contribution >= 4 is 0 Å². The molecule has 3 rings (SSSR count). The highest BCUT2D eigenvalue weighted by atomic mass is 19.3. The highest BCUT2D eigenvalue weighted by molar-refractivity contribution is 5.07. The Morgan fingerprint density at radius 1 is 0.900 bits per heavy atom. The van der Waals surface area contributed by atoms with Crippen LogP contribution in [-0.2, 0) is 0 Å². The maximum atomic E-state index is 13.1. The Labute approximate surface area is 121 Å². The van der Waals surface area contributed by atoms with Crippen molar-refractivity contribution < 1.29 is 8.78 Å². The van der Waals surface area contributed by atoms with E-state index in [4.69, 9.17) is 0 Å². The molecule has 0 aromatic rings. The van der Waals surface area contributed by atoms with Crippen molar-refractivity contribution in [1.29, 1.82) is 0 Å². The van der Waals surface area contributed by atoms with Crippen LogP contribution < -0.4 is 5.32 Å². The van der Waals surface area contributed by atoms with Crippen molar-refractivity contribution in [2.45, 2.75) is 81.7 Å². The van der Waals surface area contributed by atoms with Crippen LogP contribution in [0.1, 0.15) is 64.2 Å². The van der Waals surface area contributed by atoms with Crippen LogP contribution in [0.3, 0.4) is 0 Å². The summed E-state index contributed by atoms with van der Waals surface area (Å²) >= 11 is 0. The Hall–Kier alpha value is -0.220. The number of alkyl halides is 2. The number of hydrogen-bond acceptors (Lipinski definition) is 2. The van der Waals surface area contributed by atoms with Gasteiger partial charge < -0.3 is 5.32 Å². The quantitative estimate of drug-likeness (QED) is 0.835. The second kappa shape index (κ2) is 5.88. The molecule has 1 N–H and O–H groups in total. The lowest BCUT2D eigenvalue weighted by Gasteiger charge is -2.57. The molecule has 4 heteroatoms. The molecule has 1 heterocycles. The first-order valence-corrected chi connectivity index (χ1v) is 8.43. The van der Waals surface area contributed by atoms with Crippen LogP contribution in [0.25, 0.3) is 0 Å². The summed E-state index contributed by atoms with van der Waals surface area (Å²) in [6, 6.07) is 0. The average molecular weight is 286 g/mol. The number of hydrogen-bond donors (Lipinski definition) is 1. The number of halogens is 2. The van der Waals surface area contributed by atoms with E-state index < -0.39 is 6.43 Å². The largest absolute Gasteiger partial charge is 0.308 e. The molecule has 1 saturated heterocycles. The van der Waals surface area contributed by atoms with E-state index in [1.54, 1.807) is 0 Å². The van der Waals surface area contributed by atoms with Crippen LogP contribution in [-0.4, -0.2) is 42.0 Å². The minimum Gasteiger partial charge on any atom is -0.308 e. The number of piperazine rings is 1. The van der Waals surface area contributed by atoms with Crippen LogP contribution in [0, 0.1) is 0 Å². The first kappa shape index (κ1) is 14.7. The number of rotatable bonds is 2. The predicted octanol–water partition coefficient (Wildman–Crippen LogP) is 3.56. The van der Waals surface area contributed by atoms with Gasteiger partial charge in [-0.2, -0.15) is 0 Å². The first-order chi connectivity index (χ1) is 9.64. The standard InChI is InChI=1S/C16H28F2N2/c17-14(18)11-20-13-15(7-3-1-4-8-15)19-12-16(20)9-5-2-6-10-16/h14,19H,1-13H2. The highest BCUT2D eigenvalue weighted by Crippen LogP contribution is 2.41. The highest BCUT2D eigenvalue weighted by Gasteiger charge is 2.48. The lowest BCUT2D eigenvalue weighted by Crippen LogP contribution is -2.71. The molecule has 0 aromatic heterocycles. The van der Waals surface area contributed by atoms with Crippen LogP contribution >= 0.6 is 0 Å². The van der Waals surface area contributed by atoms with Crippen molar-refractivity contribution in [2.75, 3.05) is 19.6 Å². The maximum Gasteiger partial charge on any atom is 0.251 e. The normalized spacial score (nSPS) is 30.1. The summed E-state index contributed by atoms with van der Waals surface area (Å²) in [7, 11) is 0. The smallest absolute Gasteiger partial charge is 0.251 e. The summed E-state index contributed by atoms with van der Waals surface area (Å²) in [6.07, 6.45) is 9.83. The van der Waals surface area contributed by atoms with Crippen molar-refractivity contribution in [2.24, 2.45) is 0 Å². The Bertz CT molecular complexity index is 320. The molecule has 3 fully saturated rings. The Morgan fingerprint density at radius 2 is 1.50 bits per heavy atom. The van der Waals surface area contributed by atoms with Gasteiger partial charge in [0.1, 0.15) is 0 Å². The van der Waals surface area contributed by atoms with Gasteiger partial charge in [-0.05, 0) is 25.7 Å². The molecular formula is C16H28F2N2. The molecule has 0 amide bonds. The molecule has 2 aliphatic carbocycles. The molecule has 0 atom stereocenters. The molecule has 0 bridgehead atoms. The fraction of sp³-hybridized carbons (Fsp3) is 1.00. The van der Waals surface area contributed by atoms with Gasteiger partial charge >= 0.3 is 0 Å². The molecular weight excluding hydrogens is 258 g/mol. The number of nitrogens with one attached hydrogen (secondary N) is 1. The summed E-state index contributed by atoms with van der Waals surface area (Å²) in [6.45, 7) is 1.75. The van der Waals surface area contributed by atoms with E-state index in [1.807, 2.05) is 0 Å². The monoisotopic (exact) mass is 286 g/mol. The van der Waals surface area contributed by atoms with E-state index in [1.165, 1.54) is 51.4 Å². The van der Waals surface area contributed by atoms with Crippen molar-refractivity contribution in [3.63, 3.8) is 0 Å². The van der Waals surface area contributed by atoms with E-state index >= 15 is 0 Å². The molecule has 20 heavy (non-hydrogen) atoms. The second-order valence-corrected chi connectivity index (χ2v) is 7.25. The minimum atomic E-state index is -2.20. The first-order valence-electron chi connectivity index (χ1n) is 8.43. The van der Waals surface area contributed by atoms with Crippen molar-refractivity contribution in [1.82, 2.24) is 10.2 Å². The summed E-state index contributed by atoms with van der Waals surface area (Å²) in [5.41, 5.74) is 0.160. The van der Waals surface area contributed by atoms with E-state index in [-0.39, 0.29) is 17.6 Å². The summed E-state index contributed by atoms with van der Waals surface area (Å²) in [5.74, 6) is 0. The van der Waals surface area contributed by atoms with Crippen LogP contribution in [0.15, 0.2) is 0 Å². The van der Waals surface area contributed by atoms with Gasteiger partial charge in [-0.15, -0.1) is 0 Å². The number of nitrogens with zero attached hydrogens (tertiary/aromatic N) is 1. The lowest BCUT2D eigenvalue weighted by atomic mass is 9.73. The molecule has 0 unspecified atom stereocenters. The van der Waals surface area contributed by atoms with E-state index in [0.29, 0.717) is 0 Å². The second-order valence-electron chi connectivity index (χ2n) is 7.25. The topological polar surface area (TPSA) is 15.3 Å². The molecule has 0 radical (unpaired) electrons. The molecule has 2 nitrogen and oxygen atoms in total. The van der Waals surface area contributed by atoms with E-state index in [9.17, 15) is 8.78 Å². The van der Waals surface area contributed by atoms with Crippen molar-refractivity contribution in [3.8, 4) is 0 Å². The lowest BCUT2D eigenvalue weighted by molar-refractivity contribution is -0.0573. The van der Waals surface area contributed by atoms with Gasteiger partial charge in [0.15, 0.2) is 0 Å². The molecule has 2 saturated carbocycles. The maximum absolute atomic E-state index is 13.1. The third-order valence-electron chi connectivity index (χ3n) is 5.91. The summed E-state index contributed by atoms with van der Waals surface area (Å²) in [5, 5.41) is 3.81. The Balaban J connectivity index is 1.76. The summed E-state index contributed by atoms with van der Waals surface area (Å²) in [4.78, 5) is 2.18. The average Bonchev–Trinajstić information content (AvgIpc) is 2.45. The van der Waals surface area contributed by atoms with Crippen LogP contribution in [0.4, 0.5) is 8.78 Å². The Morgan fingerprint density at radius 3 is 2.10 bits per heavy atom. The van der Waals surface area contributed by atoms with Gasteiger partial charge in [0.25, 0.3) is 6.43 Å². The minimum absolute atomic E-state index is 0.0244. The third kappa shape index (κ3) is 2.87. The van der Waals surface area contributed by atoms with Gasteiger partial charge in [0.2, 0.25) is 0 Å². The van der Waals surface area contributed by atoms with Gasteiger partial charge in [0, 0.05) is 24.2 Å². The zero-order valence-corrected chi connectivity index (χ0v) is 12.5. The summed E-state index contributed by atoms with van der Waals surface area (Å²) < 4.78 is 26.1. The Kier molecular flexibility index (Phi) is 4.32. The fourth-order valence-corrected chi connectivity index (χ4v) is 4.74. The molecule has 1 aliphatic heterocycles. The zero-order valence-electron chi connectivity index (χ0n) is 12.5. The van der Waals surface area contributed by atoms with Crippen molar-refractivity contribution in [3.05, 3.63) is 0 Å². The van der Waals surface area contributed by atoms with Crippen LogP contribution in [0.5, 0.6) is 0 Å². The van der Waals surface area contributed by atoms with Gasteiger partial charge in [-0.3, -0.25) is 4.90 Å². The fourth-order valence-electron chi connectivity index (χ4n) is 4.74. The molecule has 2 spiro atoms. The van der Waals surface area contributed by atoms with E-state index in [2.05, 4.69) is 10.2 Å². The van der Waals surface area contributed by atoms with Crippen LogP contribution in [0.2, 0.25) is 0 Å². The van der Waals surface area contributed by atoms with E-state index in [0.717, 1.165) is 25.9 Å². The van der Waals surface area contributed by atoms with Gasteiger partial charge in [-0.25, -0.2) is 8.78 Å². The zero-order chi connectivity index (χ0) is 14.1. The predicted molar refractivity (Wildman–Crippen MR) is 77.2 cm³/mol. The molecule has 116 valence electrons. The SMILES string of the molecule is FC(F)CN1CC2(CCCCC2)NCC12CCCCC2.